The molecule has 1 aromatic carbocycles. The topological polar surface area (TPSA) is 88.4 Å². The van der Waals surface area contributed by atoms with Crippen molar-refractivity contribution in [1.82, 2.24) is 19.7 Å². The van der Waals surface area contributed by atoms with Crippen LogP contribution in [-0.4, -0.2) is 59.1 Å². The fourth-order valence-corrected chi connectivity index (χ4v) is 5.06. The molecule has 1 aliphatic heterocycles. The minimum Gasteiger partial charge on any atom is -0.342 e. The van der Waals surface area contributed by atoms with Crippen LogP contribution in [0.4, 0.5) is 5.69 Å². The van der Waals surface area contributed by atoms with Gasteiger partial charge in [0.25, 0.3) is 0 Å². The monoisotopic (exact) mass is 437 g/mol. The molecule has 2 heterocycles. The van der Waals surface area contributed by atoms with Crippen molar-refractivity contribution in [2.24, 2.45) is 0 Å². The maximum atomic E-state index is 12.4. The summed E-state index contributed by atoms with van der Waals surface area (Å²) in [6.45, 7) is 6.23. The fraction of sp³-hybridized carbons (Fsp3) is 0.526. The van der Waals surface area contributed by atoms with E-state index in [1.807, 2.05) is 35.4 Å². The summed E-state index contributed by atoms with van der Waals surface area (Å²) in [6, 6.07) is 7.33. The number of nitrogens with zero attached hydrogens (tertiary/aromatic N) is 5. The number of aryl methyl sites for hydroxylation is 1. The number of hydrogen-bond donors (Lipinski definition) is 0. The van der Waals surface area contributed by atoms with Crippen LogP contribution in [0.2, 0.25) is 0 Å². The van der Waals surface area contributed by atoms with Gasteiger partial charge in [-0.3, -0.25) is 9.10 Å². The zero-order valence-corrected chi connectivity index (χ0v) is 18.7. The number of sulfonamides is 1. The third kappa shape index (κ3) is 5.30. The van der Waals surface area contributed by atoms with E-state index < -0.39 is 10.0 Å². The van der Waals surface area contributed by atoms with Gasteiger partial charge in [-0.25, -0.2) is 8.42 Å². The Bertz CT molecular complexity index is 951. The first-order valence-corrected chi connectivity index (χ1v) is 12.5. The van der Waals surface area contributed by atoms with E-state index in [9.17, 15) is 13.2 Å². The summed E-state index contributed by atoms with van der Waals surface area (Å²) in [5, 5.41) is 9.06. The molecule has 1 fully saturated rings. The van der Waals surface area contributed by atoms with Crippen LogP contribution in [0.5, 0.6) is 0 Å². The number of thioether (sulfide) groups is 1. The Hall–Kier alpha value is -2.07. The molecule has 0 radical (unpaired) electrons. The first-order chi connectivity index (χ1) is 13.8. The molecule has 0 N–H and O–H groups in total. The second-order valence-corrected chi connectivity index (χ2v) is 9.97. The Kier molecular flexibility index (Phi) is 6.84. The molecule has 8 nitrogen and oxygen atoms in total. The van der Waals surface area contributed by atoms with Crippen molar-refractivity contribution >= 4 is 33.4 Å². The molecular weight excluding hydrogens is 410 g/mol. The molecule has 10 heteroatoms. The highest BCUT2D eigenvalue weighted by Crippen LogP contribution is 2.23. The lowest BCUT2D eigenvalue weighted by molar-refractivity contribution is -0.127. The molecule has 0 aliphatic carbocycles. The Morgan fingerprint density at radius 3 is 2.41 bits per heavy atom. The Morgan fingerprint density at radius 1 is 1.17 bits per heavy atom. The molecule has 158 valence electrons. The van der Waals surface area contributed by atoms with E-state index in [1.54, 1.807) is 12.1 Å². The Morgan fingerprint density at radius 2 is 1.83 bits per heavy atom. The number of amides is 1. The largest absolute Gasteiger partial charge is 0.342 e. The third-order valence-electron chi connectivity index (χ3n) is 4.90. The highest BCUT2D eigenvalue weighted by Gasteiger charge is 2.23. The molecule has 1 aliphatic rings. The summed E-state index contributed by atoms with van der Waals surface area (Å²) in [4.78, 5) is 14.2. The SMILES string of the molecule is CCn1c(CN(c2ccc(C)cc2)S(C)(=O)=O)nnc1SCC(=O)N1CCCC1. The van der Waals surface area contributed by atoms with Gasteiger partial charge in [-0.1, -0.05) is 29.5 Å². The van der Waals surface area contributed by atoms with E-state index in [0.717, 1.165) is 31.5 Å². The van der Waals surface area contributed by atoms with Crippen molar-refractivity contribution in [3.8, 4) is 0 Å². The second kappa shape index (κ2) is 9.17. The van der Waals surface area contributed by atoms with E-state index in [0.29, 0.717) is 29.0 Å². The summed E-state index contributed by atoms with van der Waals surface area (Å²) < 4.78 is 28.0. The lowest BCUT2D eigenvalue weighted by Gasteiger charge is -2.22. The molecule has 0 bridgehead atoms. The van der Waals surface area contributed by atoms with Crippen LogP contribution < -0.4 is 4.31 Å². The molecule has 0 unspecified atom stereocenters. The van der Waals surface area contributed by atoms with Gasteiger partial charge in [0.15, 0.2) is 11.0 Å². The zero-order valence-electron chi connectivity index (χ0n) is 17.0. The molecule has 1 amide bonds. The van der Waals surface area contributed by atoms with Gasteiger partial charge in [-0.05, 0) is 38.8 Å². The highest BCUT2D eigenvalue weighted by molar-refractivity contribution is 7.99. The van der Waals surface area contributed by atoms with Crippen molar-refractivity contribution in [3.05, 3.63) is 35.7 Å². The lowest BCUT2D eigenvalue weighted by atomic mass is 10.2. The number of carbonyl (C=O) groups excluding carboxylic acids is 1. The van der Waals surface area contributed by atoms with Gasteiger partial charge >= 0.3 is 0 Å². The van der Waals surface area contributed by atoms with Gasteiger partial charge in [-0.2, -0.15) is 0 Å². The highest BCUT2D eigenvalue weighted by atomic mass is 32.2. The summed E-state index contributed by atoms with van der Waals surface area (Å²) in [5.74, 6) is 0.970. The molecule has 1 saturated heterocycles. The molecule has 0 saturated carbocycles. The van der Waals surface area contributed by atoms with Crippen LogP contribution in [-0.2, 0) is 27.9 Å². The standard InChI is InChI=1S/C19H27N5O3S2/c1-4-23-17(13-24(29(3,26)27)16-9-7-15(2)8-10-16)20-21-19(23)28-14-18(25)22-11-5-6-12-22/h7-10H,4-6,11-14H2,1-3H3. The molecule has 1 aromatic heterocycles. The summed E-state index contributed by atoms with van der Waals surface area (Å²) in [6.07, 6.45) is 3.31. The van der Waals surface area contributed by atoms with Crippen LogP contribution in [0, 0.1) is 6.92 Å². The number of hydrogen-bond acceptors (Lipinski definition) is 6. The molecule has 0 atom stereocenters. The lowest BCUT2D eigenvalue weighted by Crippen LogP contribution is -2.31. The van der Waals surface area contributed by atoms with E-state index in [-0.39, 0.29) is 12.5 Å². The molecule has 29 heavy (non-hydrogen) atoms. The van der Waals surface area contributed by atoms with Crippen LogP contribution in [0.3, 0.4) is 0 Å². The van der Waals surface area contributed by atoms with Crippen LogP contribution >= 0.6 is 11.8 Å². The zero-order chi connectivity index (χ0) is 21.0. The summed E-state index contributed by atoms with van der Waals surface area (Å²) in [5.41, 5.74) is 1.64. The van der Waals surface area contributed by atoms with Gasteiger partial charge in [0.1, 0.15) is 0 Å². The second-order valence-electron chi connectivity index (χ2n) is 7.12. The van der Waals surface area contributed by atoms with Crippen molar-refractivity contribution < 1.29 is 13.2 Å². The molecule has 0 spiro atoms. The normalized spacial score (nSPS) is 14.4. The van der Waals surface area contributed by atoms with Crippen LogP contribution in [0.1, 0.15) is 31.2 Å². The smallest absolute Gasteiger partial charge is 0.233 e. The quantitative estimate of drug-likeness (QED) is 0.589. The maximum absolute atomic E-state index is 12.4. The minimum atomic E-state index is -3.50. The first-order valence-electron chi connectivity index (χ1n) is 9.66. The first kappa shape index (κ1) is 21.6. The van der Waals surface area contributed by atoms with Crippen LogP contribution in [0.25, 0.3) is 0 Å². The summed E-state index contributed by atoms with van der Waals surface area (Å²) in [7, 11) is -3.50. The van der Waals surface area contributed by atoms with E-state index in [4.69, 9.17) is 0 Å². The number of aromatic nitrogens is 3. The van der Waals surface area contributed by atoms with Gasteiger partial charge in [0.2, 0.25) is 15.9 Å². The number of rotatable bonds is 8. The van der Waals surface area contributed by atoms with Crippen molar-refractivity contribution in [3.63, 3.8) is 0 Å². The number of likely N-dealkylation sites (tertiary alicyclic amines) is 1. The van der Waals surface area contributed by atoms with Gasteiger partial charge in [0, 0.05) is 19.6 Å². The van der Waals surface area contributed by atoms with Gasteiger partial charge in [-0.15, -0.1) is 10.2 Å². The van der Waals surface area contributed by atoms with Gasteiger partial charge < -0.3 is 9.47 Å². The predicted molar refractivity (Wildman–Crippen MR) is 114 cm³/mol. The summed E-state index contributed by atoms with van der Waals surface area (Å²) >= 11 is 1.35. The Labute approximate surface area is 176 Å². The third-order valence-corrected chi connectivity index (χ3v) is 6.99. The van der Waals surface area contributed by atoms with Gasteiger partial charge in [0.05, 0.1) is 24.2 Å². The Balaban J connectivity index is 1.77. The van der Waals surface area contributed by atoms with E-state index in [2.05, 4.69) is 10.2 Å². The van der Waals surface area contributed by atoms with E-state index >= 15 is 0 Å². The number of anilines is 1. The average molecular weight is 438 g/mol. The number of carbonyl (C=O) groups is 1. The van der Waals surface area contributed by atoms with Crippen molar-refractivity contribution in [2.75, 3.05) is 29.4 Å². The predicted octanol–water partition coefficient (Wildman–Crippen LogP) is 2.29. The maximum Gasteiger partial charge on any atom is 0.233 e. The van der Waals surface area contributed by atoms with E-state index in [1.165, 1.54) is 22.3 Å². The van der Waals surface area contributed by atoms with Crippen molar-refractivity contribution in [2.45, 2.75) is 44.9 Å². The average Bonchev–Trinajstić information content (AvgIpc) is 3.34. The molecule has 3 rings (SSSR count). The molecule has 2 aromatic rings. The molecular formula is C19H27N5O3S2. The van der Waals surface area contributed by atoms with Crippen molar-refractivity contribution in [1.29, 1.82) is 0 Å². The fourth-order valence-electron chi connectivity index (χ4n) is 3.28. The minimum absolute atomic E-state index is 0.0867. The number of benzene rings is 1. The van der Waals surface area contributed by atoms with Crippen LogP contribution in [0.15, 0.2) is 29.4 Å².